The third-order valence-corrected chi connectivity index (χ3v) is 9.53. The van der Waals surface area contributed by atoms with Gasteiger partial charge in [-0.05, 0) is 41.5 Å². The summed E-state index contributed by atoms with van der Waals surface area (Å²) in [6.07, 6.45) is -7.50. The summed E-state index contributed by atoms with van der Waals surface area (Å²) in [5.74, 6) is -6.77. The van der Waals surface area contributed by atoms with Crippen molar-refractivity contribution in [2.45, 2.75) is 95.9 Å². The molecule has 1 saturated heterocycles. The SMILES string of the molecule is CC(=O)OC[C@H]1O[C@H](CC(=O)NCCCC[C@H](NC(=O)OCC2c3ccccc3-c3ccccc32)C(=O)NCC(=O)NCC(=O)O)[C@H](OC(C)=O)[C@@H](OC(C)=O)[C@H]1OC(C)=O. The summed E-state index contributed by atoms with van der Waals surface area (Å²) in [6, 6.07) is 14.3. The van der Waals surface area contributed by atoms with E-state index in [4.69, 9.17) is 33.5 Å². The van der Waals surface area contributed by atoms with Crippen molar-refractivity contribution < 1.29 is 76.7 Å². The quantitative estimate of drug-likeness (QED) is 0.0706. The van der Waals surface area contributed by atoms with Gasteiger partial charge < -0.3 is 54.8 Å². The molecule has 5 N–H and O–H groups in total. The fourth-order valence-corrected chi connectivity index (χ4v) is 7.02. The highest BCUT2D eigenvalue weighted by molar-refractivity contribution is 5.90. The Balaban J connectivity index is 1.37. The Hall–Kier alpha value is -6.57. The van der Waals surface area contributed by atoms with Crippen molar-refractivity contribution in [2.75, 3.05) is 32.8 Å². The minimum atomic E-state index is -1.44. The van der Waals surface area contributed by atoms with Gasteiger partial charge in [-0.2, -0.15) is 0 Å². The van der Waals surface area contributed by atoms with E-state index in [-0.39, 0.29) is 38.3 Å². The third-order valence-electron chi connectivity index (χ3n) is 9.53. The normalized spacial score (nSPS) is 19.4. The first-order valence-corrected chi connectivity index (χ1v) is 19.5. The van der Waals surface area contributed by atoms with Crippen LogP contribution in [0.4, 0.5) is 4.79 Å². The second-order valence-corrected chi connectivity index (χ2v) is 14.2. The summed E-state index contributed by atoms with van der Waals surface area (Å²) in [5, 5.41) is 18.6. The number of carboxylic acid groups (broad SMARTS) is 1. The minimum absolute atomic E-state index is 0.0301. The molecule has 1 aliphatic carbocycles. The van der Waals surface area contributed by atoms with Crippen molar-refractivity contribution in [1.29, 1.82) is 0 Å². The molecule has 0 unspecified atom stereocenters. The number of carbonyl (C=O) groups is 9. The van der Waals surface area contributed by atoms with Crippen molar-refractivity contribution in [3.05, 3.63) is 59.7 Å². The molecular formula is C41H50N4O16. The number of fused-ring (bicyclic) bond motifs is 3. The molecule has 2 aromatic rings. The Labute approximate surface area is 350 Å². The van der Waals surface area contributed by atoms with Crippen molar-refractivity contribution in [1.82, 2.24) is 21.3 Å². The van der Waals surface area contributed by atoms with Crippen LogP contribution in [0.3, 0.4) is 0 Å². The van der Waals surface area contributed by atoms with Gasteiger partial charge in [0, 0.05) is 40.2 Å². The maximum atomic E-state index is 13.2. The van der Waals surface area contributed by atoms with Crippen LogP contribution in [0.5, 0.6) is 0 Å². The molecule has 0 spiro atoms. The number of carboxylic acids is 1. The molecule has 0 bridgehead atoms. The molecule has 1 fully saturated rings. The van der Waals surface area contributed by atoms with Crippen LogP contribution in [0.2, 0.25) is 0 Å². The van der Waals surface area contributed by atoms with E-state index < -0.39 is 116 Å². The fraction of sp³-hybridized carbons (Fsp3) is 0.488. The van der Waals surface area contributed by atoms with Crippen LogP contribution in [0.15, 0.2) is 48.5 Å². The summed E-state index contributed by atoms with van der Waals surface area (Å²) in [4.78, 5) is 110. The molecule has 2 aromatic carbocycles. The maximum Gasteiger partial charge on any atom is 0.407 e. The molecule has 1 aliphatic heterocycles. The minimum Gasteiger partial charge on any atom is -0.480 e. The van der Waals surface area contributed by atoms with Crippen molar-refractivity contribution in [3.63, 3.8) is 0 Å². The number of alkyl carbamates (subject to hydrolysis) is 1. The zero-order valence-corrected chi connectivity index (χ0v) is 34.1. The molecule has 61 heavy (non-hydrogen) atoms. The first-order chi connectivity index (χ1) is 29.0. The van der Waals surface area contributed by atoms with Gasteiger partial charge in [-0.3, -0.25) is 38.4 Å². The average Bonchev–Trinajstić information content (AvgIpc) is 3.52. The molecule has 330 valence electrons. The van der Waals surface area contributed by atoms with Gasteiger partial charge in [0.15, 0.2) is 18.3 Å². The predicted octanol–water partition coefficient (Wildman–Crippen LogP) is 1.01. The number of carbonyl (C=O) groups excluding carboxylic acids is 8. The zero-order valence-electron chi connectivity index (χ0n) is 34.1. The van der Waals surface area contributed by atoms with Crippen molar-refractivity contribution in [2.24, 2.45) is 0 Å². The summed E-state index contributed by atoms with van der Waals surface area (Å²) in [7, 11) is 0. The van der Waals surface area contributed by atoms with Gasteiger partial charge >= 0.3 is 35.9 Å². The van der Waals surface area contributed by atoms with Crippen LogP contribution in [0.25, 0.3) is 11.1 Å². The number of hydrogen-bond donors (Lipinski definition) is 5. The lowest BCUT2D eigenvalue weighted by Crippen LogP contribution is -2.62. The van der Waals surface area contributed by atoms with Gasteiger partial charge in [0.2, 0.25) is 17.7 Å². The van der Waals surface area contributed by atoms with Crippen LogP contribution < -0.4 is 21.3 Å². The van der Waals surface area contributed by atoms with Gasteiger partial charge in [0.1, 0.15) is 38.0 Å². The third kappa shape index (κ3) is 14.3. The molecule has 4 rings (SSSR count). The smallest absolute Gasteiger partial charge is 0.407 e. The number of rotatable bonds is 20. The number of unbranched alkanes of at least 4 members (excludes halogenated alkanes) is 1. The molecule has 20 nitrogen and oxygen atoms in total. The van der Waals surface area contributed by atoms with E-state index in [1.165, 1.54) is 0 Å². The second kappa shape index (κ2) is 22.7. The highest BCUT2D eigenvalue weighted by Gasteiger charge is 2.52. The van der Waals surface area contributed by atoms with Crippen LogP contribution in [-0.2, 0) is 66.8 Å². The Kier molecular flexibility index (Phi) is 17.5. The lowest BCUT2D eigenvalue weighted by atomic mass is 9.92. The Morgan fingerprint density at radius 2 is 1.21 bits per heavy atom. The molecule has 2 aliphatic rings. The molecule has 0 aromatic heterocycles. The van der Waals surface area contributed by atoms with E-state index in [9.17, 15) is 43.2 Å². The van der Waals surface area contributed by atoms with E-state index in [0.29, 0.717) is 0 Å². The molecule has 1 heterocycles. The highest BCUT2D eigenvalue weighted by atomic mass is 16.7. The van der Waals surface area contributed by atoms with Gasteiger partial charge in [0.25, 0.3) is 0 Å². The van der Waals surface area contributed by atoms with Gasteiger partial charge in [-0.1, -0.05) is 48.5 Å². The Bertz CT molecular complexity index is 1910. The number of ether oxygens (including phenoxy) is 6. The summed E-state index contributed by atoms with van der Waals surface area (Å²) < 4.78 is 32.8. The van der Waals surface area contributed by atoms with Crippen LogP contribution in [-0.4, -0.2) is 128 Å². The number of aliphatic carboxylic acids is 1. The number of esters is 4. The lowest BCUT2D eigenvalue weighted by Gasteiger charge is -2.44. The Morgan fingerprint density at radius 1 is 0.639 bits per heavy atom. The lowest BCUT2D eigenvalue weighted by molar-refractivity contribution is -0.252. The molecular weight excluding hydrogens is 804 g/mol. The fourth-order valence-electron chi connectivity index (χ4n) is 7.02. The van der Waals surface area contributed by atoms with E-state index in [0.717, 1.165) is 49.9 Å². The van der Waals surface area contributed by atoms with E-state index in [2.05, 4.69) is 21.3 Å². The molecule has 0 radical (unpaired) electrons. The van der Waals surface area contributed by atoms with Gasteiger partial charge in [-0.15, -0.1) is 0 Å². The standard InChI is InChI=1S/C41H50N4O16/c1-22(46)56-21-33-38(59-24(3)48)39(60-25(4)49)37(58-23(2)47)32(61-33)17-34(50)42-16-10-9-15-31(40(54)44-18-35(51)43-19-36(52)53)45-41(55)57-20-30-28-13-7-5-11-26(28)27-12-6-8-14-29(27)30/h5-8,11-14,30-33,37-39H,9-10,15-21H2,1-4H3,(H,42,50)(H,43,51)(H,44,54)(H,45,55)(H,52,53)/t31-,32+,33+,37-,38-,39+/m0/s1. The van der Waals surface area contributed by atoms with Gasteiger partial charge in [0.05, 0.1) is 13.0 Å². The van der Waals surface area contributed by atoms with Crippen LogP contribution >= 0.6 is 0 Å². The van der Waals surface area contributed by atoms with Gasteiger partial charge in [-0.25, -0.2) is 4.79 Å². The molecule has 0 saturated carbocycles. The molecule has 20 heteroatoms. The second-order valence-electron chi connectivity index (χ2n) is 14.2. The number of amides is 4. The van der Waals surface area contributed by atoms with E-state index >= 15 is 0 Å². The maximum absolute atomic E-state index is 13.2. The monoisotopic (exact) mass is 854 g/mol. The van der Waals surface area contributed by atoms with Crippen molar-refractivity contribution in [3.8, 4) is 11.1 Å². The highest BCUT2D eigenvalue weighted by Crippen LogP contribution is 2.44. The van der Waals surface area contributed by atoms with E-state index in [1.54, 1.807) is 0 Å². The zero-order chi connectivity index (χ0) is 44.6. The topological polar surface area (TPSA) is 277 Å². The number of hydrogen-bond acceptors (Lipinski definition) is 15. The first-order valence-electron chi connectivity index (χ1n) is 19.5. The van der Waals surface area contributed by atoms with E-state index in [1.807, 2.05) is 48.5 Å². The summed E-state index contributed by atoms with van der Waals surface area (Å²) in [6.45, 7) is 2.73. The van der Waals surface area contributed by atoms with Crippen molar-refractivity contribution >= 4 is 53.7 Å². The van der Waals surface area contributed by atoms with Crippen LogP contribution in [0.1, 0.15) is 70.4 Å². The molecule has 4 amide bonds. The largest absolute Gasteiger partial charge is 0.480 e. The van der Waals surface area contributed by atoms with Crippen LogP contribution in [0, 0.1) is 0 Å². The number of benzene rings is 2. The predicted molar refractivity (Wildman–Crippen MR) is 209 cm³/mol. The summed E-state index contributed by atoms with van der Waals surface area (Å²) in [5.41, 5.74) is 4.01. The average molecular weight is 855 g/mol. The molecule has 6 atom stereocenters. The number of nitrogens with one attached hydrogen (secondary N) is 4. The Morgan fingerprint density at radius 3 is 1.79 bits per heavy atom. The summed E-state index contributed by atoms with van der Waals surface area (Å²) >= 11 is 0. The first kappa shape index (κ1) is 47.1.